The molecule has 0 unspecified atom stereocenters. The first-order valence-electron chi connectivity index (χ1n) is 7.33. The van der Waals surface area contributed by atoms with Crippen molar-refractivity contribution in [2.45, 2.75) is 12.4 Å². The standard InChI is InChI=1S/C17H11F6N3/c1-26-15(11-7-3-5-9-13(11)17(21,22)23)24-14(25-26)10-6-2-4-8-12(10)16(18,19)20/h2-9H,1H3. The Morgan fingerprint density at radius 1 is 0.731 bits per heavy atom. The van der Waals surface area contributed by atoms with Crippen molar-refractivity contribution in [2.24, 2.45) is 7.05 Å². The van der Waals surface area contributed by atoms with Gasteiger partial charge in [0.25, 0.3) is 0 Å². The molecule has 0 saturated heterocycles. The van der Waals surface area contributed by atoms with Crippen LogP contribution < -0.4 is 0 Å². The van der Waals surface area contributed by atoms with E-state index in [4.69, 9.17) is 0 Å². The summed E-state index contributed by atoms with van der Waals surface area (Å²) in [6.45, 7) is 0. The second kappa shape index (κ2) is 6.15. The Labute approximate surface area is 143 Å². The van der Waals surface area contributed by atoms with Gasteiger partial charge in [0.05, 0.1) is 11.1 Å². The molecule has 0 saturated carbocycles. The highest BCUT2D eigenvalue weighted by molar-refractivity contribution is 5.67. The van der Waals surface area contributed by atoms with E-state index in [0.29, 0.717) is 0 Å². The molecule has 0 fully saturated rings. The Morgan fingerprint density at radius 2 is 1.19 bits per heavy atom. The summed E-state index contributed by atoms with van der Waals surface area (Å²) in [4.78, 5) is 3.95. The first-order valence-corrected chi connectivity index (χ1v) is 7.33. The molecule has 3 rings (SSSR count). The highest BCUT2D eigenvalue weighted by Crippen LogP contribution is 2.38. The molecule has 1 aromatic heterocycles. The molecular weight excluding hydrogens is 360 g/mol. The van der Waals surface area contributed by atoms with E-state index < -0.39 is 23.5 Å². The van der Waals surface area contributed by atoms with Crippen LogP contribution in [0.1, 0.15) is 11.1 Å². The van der Waals surface area contributed by atoms with Gasteiger partial charge in [-0.25, -0.2) is 9.67 Å². The van der Waals surface area contributed by atoms with Crippen LogP contribution in [0, 0.1) is 0 Å². The summed E-state index contributed by atoms with van der Waals surface area (Å²) in [5, 5.41) is 3.89. The Morgan fingerprint density at radius 3 is 1.73 bits per heavy atom. The summed E-state index contributed by atoms with van der Waals surface area (Å²) in [6, 6.07) is 9.34. The van der Waals surface area contributed by atoms with Crippen LogP contribution in [0.25, 0.3) is 22.8 Å². The van der Waals surface area contributed by atoms with Gasteiger partial charge < -0.3 is 0 Å². The van der Waals surface area contributed by atoms with E-state index in [1.165, 1.54) is 43.4 Å². The van der Waals surface area contributed by atoms with Crippen LogP contribution in [0.3, 0.4) is 0 Å². The summed E-state index contributed by atoms with van der Waals surface area (Å²) in [6.07, 6.45) is -9.27. The van der Waals surface area contributed by atoms with Gasteiger partial charge in [-0.2, -0.15) is 31.4 Å². The summed E-state index contributed by atoms with van der Waals surface area (Å²) in [7, 11) is 1.33. The topological polar surface area (TPSA) is 30.7 Å². The maximum Gasteiger partial charge on any atom is 0.417 e. The van der Waals surface area contributed by atoms with E-state index in [9.17, 15) is 26.3 Å². The third kappa shape index (κ3) is 3.29. The second-order valence-corrected chi connectivity index (χ2v) is 5.47. The molecule has 0 aliphatic rings. The minimum atomic E-state index is -4.64. The highest BCUT2D eigenvalue weighted by atomic mass is 19.4. The molecule has 0 bridgehead atoms. The molecule has 3 nitrogen and oxygen atoms in total. The molecule has 26 heavy (non-hydrogen) atoms. The summed E-state index contributed by atoms with van der Waals surface area (Å²) < 4.78 is 80.2. The first-order chi connectivity index (χ1) is 12.1. The maximum absolute atomic E-state index is 13.2. The Kier molecular flexibility index (Phi) is 4.25. The highest BCUT2D eigenvalue weighted by Gasteiger charge is 2.36. The zero-order valence-corrected chi connectivity index (χ0v) is 13.2. The van der Waals surface area contributed by atoms with E-state index in [1.807, 2.05) is 0 Å². The van der Waals surface area contributed by atoms with Gasteiger partial charge in [-0.15, -0.1) is 0 Å². The molecule has 0 aliphatic carbocycles. The maximum atomic E-state index is 13.2. The summed E-state index contributed by atoms with van der Waals surface area (Å²) in [5.41, 5.74) is -2.45. The van der Waals surface area contributed by atoms with E-state index in [0.717, 1.165) is 16.8 Å². The molecule has 1 heterocycles. The third-order valence-corrected chi connectivity index (χ3v) is 3.71. The number of rotatable bonds is 2. The van der Waals surface area contributed by atoms with Crippen LogP contribution in [0.5, 0.6) is 0 Å². The fourth-order valence-corrected chi connectivity index (χ4v) is 2.58. The van der Waals surface area contributed by atoms with Crippen LogP contribution >= 0.6 is 0 Å². The van der Waals surface area contributed by atoms with Crippen LogP contribution in [0.2, 0.25) is 0 Å². The fourth-order valence-electron chi connectivity index (χ4n) is 2.58. The second-order valence-electron chi connectivity index (χ2n) is 5.47. The smallest absolute Gasteiger partial charge is 0.248 e. The van der Waals surface area contributed by atoms with Crippen molar-refractivity contribution in [2.75, 3.05) is 0 Å². The normalized spacial score (nSPS) is 12.4. The predicted molar refractivity (Wildman–Crippen MR) is 81.9 cm³/mol. The van der Waals surface area contributed by atoms with Crippen molar-refractivity contribution in [1.29, 1.82) is 0 Å². The molecule has 0 atom stereocenters. The average Bonchev–Trinajstić information content (AvgIpc) is 2.95. The molecule has 3 aromatic rings. The lowest BCUT2D eigenvalue weighted by Crippen LogP contribution is -2.08. The fraction of sp³-hybridized carbons (Fsp3) is 0.176. The SMILES string of the molecule is Cn1nc(-c2ccccc2C(F)(F)F)nc1-c1ccccc1C(F)(F)F. The number of halogens is 6. The zero-order chi connectivity index (χ0) is 19.1. The largest absolute Gasteiger partial charge is 0.417 e. The average molecular weight is 371 g/mol. The van der Waals surface area contributed by atoms with E-state index >= 15 is 0 Å². The van der Waals surface area contributed by atoms with Gasteiger partial charge in [0.15, 0.2) is 11.6 Å². The van der Waals surface area contributed by atoms with Crippen molar-refractivity contribution in [3.8, 4) is 22.8 Å². The summed E-state index contributed by atoms with van der Waals surface area (Å²) in [5.74, 6) is -0.475. The van der Waals surface area contributed by atoms with Gasteiger partial charge in [0.2, 0.25) is 0 Å². The van der Waals surface area contributed by atoms with Gasteiger partial charge in [0, 0.05) is 18.2 Å². The van der Waals surface area contributed by atoms with E-state index in [-0.39, 0.29) is 22.8 Å². The lowest BCUT2D eigenvalue weighted by Gasteiger charge is -2.11. The van der Waals surface area contributed by atoms with Gasteiger partial charge >= 0.3 is 12.4 Å². The monoisotopic (exact) mass is 371 g/mol. The lowest BCUT2D eigenvalue weighted by molar-refractivity contribution is -0.137. The first kappa shape index (κ1) is 18.0. The Hall–Kier alpha value is -2.84. The Bertz CT molecular complexity index is 940. The molecule has 9 heteroatoms. The molecule has 0 spiro atoms. The van der Waals surface area contributed by atoms with Gasteiger partial charge in [-0.1, -0.05) is 36.4 Å². The number of nitrogens with zero attached hydrogens (tertiary/aromatic N) is 3. The molecule has 0 aliphatic heterocycles. The van der Waals surface area contributed by atoms with Gasteiger partial charge in [-0.3, -0.25) is 0 Å². The van der Waals surface area contributed by atoms with Crippen molar-refractivity contribution in [1.82, 2.24) is 14.8 Å². The number of aromatic nitrogens is 3. The number of hydrogen-bond acceptors (Lipinski definition) is 2. The van der Waals surface area contributed by atoms with Crippen LogP contribution in [-0.4, -0.2) is 14.8 Å². The van der Waals surface area contributed by atoms with Crippen molar-refractivity contribution >= 4 is 0 Å². The number of hydrogen-bond donors (Lipinski definition) is 0. The number of aryl methyl sites for hydroxylation is 1. The molecule has 0 amide bonds. The van der Waals surface area contributed by atoms with E-state index in [2.05, 4.69) is 10.1 Å². The molecule has 136 valence electrons. The quantitative estimate of drug-likeness (QED) is 0.581. The lowest BCUT2D eigenvalue weighted by atomic mass is 10.1. The molecule has 0 radical (unpaired) electrons. The molecule has 2 aromatic carbocycles. The third-order valence-electron chi connectivity index (χ3n) is 3.71. The minimum Gasteiger partial charge on any atom is -0.248 e. The van der Waals surface area contributed by atoms with Crippen molar-refractivity contribution in [3.05, 3.63) is 59.7 Å². The van der Waals surface area contributed by atoms with E-state index in [1.54, 1.807) is 0 Å². The summed E-state index contributed by atoms with van der Waals surface area (Å²) >= 11 is 0. The molecular formula is C17H11F6N3. The molecule has 0 N–H and O–H groups in total. The minimum absolute atomic E-state index is 0.176. The Balaban J connectivity index is 2.17. The van der Waals surface area contributed by atoms with Crippen LogP contribution in [0.4, 0.5) is 26.3 Å². The van der Waals surface area contributed by atoms with Gasteiger partial charge in [0.1, 0.15) is 0 Å². The zero-order valence-electron chi connectivity index (χ0n) is 13.2. The number of benzene rings is 2. The predicted octanol–water partition coefficient (Wildman–Crippen LogP) is 5.19. The van der Waals surface area contributed by atoms with Crippen LogP contribution in [0.15, 0.2) is 48.5 Å². The van der Waals surface area contributed by atoms with Crippen LogP contribution in [-0.2, 0) is 19.4 Å². The van der Waals surface area contributed by atoms with Crippen molar-refractivity contribution < 1.29 is 26.3 Å². The number of alkyl halides is 6. The van der Waals surface area contributed by atoms with Crippen molar-refractivity contribution in [3.63, 3.8) is 0 Å². The van der Waals surface area contributed by atoms with Gasteiger partial charge in [-0.05, 0) is 12.1 Å².